The van der Waals surface area contributed by atoms with Crippen molar-refractivity contribution in [1.29, 1.82) is 0 Å². The van der Waals surface area contributed by atoms with Gasteiger partial charge in [-0.3, -0.25) is 14.8 Å². The predicted molar refractivity (Wildman–Crippen MR) is 79.7 cm³/mol. The lowest BCUT2D eigenvalue weighted by Gasteiger charge is -2.43. The third kappa shape index (κ3) is 3.39. The van der Waals surface area contributed by atoms with Crippen molar-refractivity contribution in [3.8, 4) is 0 Å². The van der Waals surface area contributed by atoms with E-state index in [1.807, 2.05) is 6.92 Å². The van der Waals surface area contributed by atoms with E-state index in [1.165, 1.54) is 12.8 Å². The molecule has 1 aromatic heterocycles. The van der Waals surface area contributed by atoms with Crippen molar-refractivity contribution in [2.45, 2.75) is 46.1 Å². The number of nitrogens with zero attached hydrogens (tertiary/aromatic N) is 2. The van der Waals surface area contributed by atoms with Crippen LogP contribution in [0.2, 0.25) is 0 Å². The fourth-order valence-corrected chi connectivity index (χ4v) is 2.81. The highest BCUT2D eigenvalue weighted by Gasteiger charge is 2.30. The molecular formula is C15H26N4O. The Labute approximate surface area is 121 Å². The molecule has 1 saturated heterocycles. The number of piperidine rings is 1. The molecule has 1 aromatic rings. The van der Waals surface area contributed by atoms with Crippen molar-refractivity contribution in [3.63, 3.8) is 0 Å². The van der Waals surface area contributed by atoms with Crippen LogP contribution >= 0.6 is 0 Å². The number of nitrogens with one attached hydrogen (secondary N) is 2. The Morgan fingerprint density at radius 2 is 2.35 bits per heavy atom. The smallest absolute Gasteiger partial charge is 0.269 e. The molecule has 0 saturated carbocycles. The highest BCUT2D eigenvalue weighted by atomic mass is 16.1. The van der Waals surface area contributed by atoms with E-state index in [1.54, 1.807) is 6.20 Å². The number of carbonyl (C=O) groups excluding carboxylic acids is 1. The van der Waals surface area contributed by atoms with Gasteiger partial charge in [-0.25, -0.2) is 0 Å². The van der Waals surface area contributed by atoms with Gasteiger partial charge in [0.2, 0.25) is 0 Å². The number of aromatic amines is 1. The molecule has 1 fully saturated rings. The standard InChI is InChI=1S/C15H26N4O/c1-11-6-5-7-19(9-11)15(3,4)10-16-14(20)13-12(2)8-17-18-13/h8,11H,5-7,9-10H2,1-4H3,(H,16,20)(H,17,18)/t11-/m0/s1. The third-order valence-corrected chi connectivity index (χ3v) is 4.25. The summed E-state index contributed by atoms with van der Waals surface area (Å²) in [4.78, 5) is 14.6. The molecule has 0 bridgehead atoms. The van der Waals surface area contributed by atoms with Crippen molar-refractivity contribution in [2.24, 2.45) is 5.92 Å². The molecule has 1 aliphatic heterocycles. The summed E-state index contributed by atoms with van der Waals surface area (Å²) < 4.78 is 0. The van der Waals surface area contributed by atoms with Gasteiger partial charge in [0.15, 0.2) is 0 Å². The SMILES string of the molecule is Cc1cn[nH]c1C(=O)NCC(C)(C)N1CCC[C@H](C)C1. The van der Waals surface area contributed by atoms with Gasteiger partial charge < -0.3 is 5.32 Å². The second-order valence-corrected chi connectivity index (χ2v) is 6.62. The zero-order chi connectivity index (χ0) is 14.8. The summed E-state index contributed by atoms with van der Waals surface area (Å²) in [5.74, 6) is 0.673. The van der Waals surface area contributed by atoms with Crippen molar-refractivity contribution in [3.05, 3.63) is 17.5 Å². The van der Waals surface area contributed by atoms with Crippen LogP contribution in [0.15, 0.2) is 6.20 Å². The number of rotatable bonds is 4. The molecule has 2 N–H and O–H groups in total. The number of likely N-dealkylation sites (tertiary alicyclic amines) is 1. The maximum atomic E-state index is 12.1. The monoisotopic (exact) mass is 278 g/mol. The van der Waals surface area contributed by atoms with E-state index in [2.05, 4.69) is 41.2 Å². The van der Waals surface area contributed by atoms with Crippen LogP contribution in [0.5, 0.6) is 0 Å². The lowest BCUT2D eigenvalue weighted by atomic mass is 9.93. The van der Waals surface area contributed by atoms with Gasteiger partial charge in [0, 0.05) is 18.6 Å². The first-order chi connectivity index (χ1) is 9.40. The van der Waals surface area contributed by atoms with Gasteiger partial charge in [-0.1, -0.05) is 6.92 Å². The molecule has 2 heterocycles. The zero-order valence-electron chi connectivity index (χ0n) is 13.0. The molecule has 20 heavy (non-hydrogen) atoms. The average molecular weight is 278 g/mol. The van der Waals surface area contributed by atoms with Crippen molar-refractivity contribution < 1.29 is 4.79 Å². The number of H-pyrrole nitrogens is 1. The largest absolute Gasteiger partial charge is 0.349 e. The van der Waals surface area contributed by atoms with Crippen LogP contribution in [0.4, 0.5) is 0 Å². The molecule has 2 rings (SSSR count). The third-order valence-electron chi connectivity index (χ3n) is 4.25. The Kier molecular flexibility index (Phi) is 4.48. The van der Waals surface area contributed by atoms with E-state index in [9.17, 15) is 4.79 Å². The van der Waals surface area contributed by atoms with Crippen LogP contribution in [0.3, 0.4) is 0 Å². The fraction of sp³-hybridized carbons (Fsp3) is 0.733. The lowest BCUT2D eigenvalue weighted by Crippen LogP contribution is -2.54. The Balaban J connectivity index is 1.92. The molecule has 0 aliphatic carbocycles. The Morgan fingerprint density at radius 1 is 1.60 bits per heavy atom. The number of aryl methyl sites for hydroxylation is 1. The fourth-order valence-electron chi connectivity index (χ4n) is 2.81. The Morgan fingerprint density at radius 3 is 2.95 bits per heavy atom. The van der Waals surface area contributed by atoms with Crippen LogP contribution in [0, 0.1) is 12.8 Å². The van der Waals surface area contributed by atoms with Crippen LogP contribution < -0.4 is 5.32 Å². The van der Waals surface area contributed by atoms with E-state index in [0.717, 1.165) is 24.6 Å². The van der Waals surface area contributed by atoms with Crippen molar-refractivity contribution in [1.82, 2.24) is 20.4 Å². The highest BCUT2D eigenvalue weighted by molar-refractivity contribution is 5.93. The minimum atomic E-state index is -0.0712. The quantitative estimate of drug-likeness (QED) is 0.885. The summed E-state index contributed by atoms with van der Waals surface area (Å²) >= 11 is 0. The first kappa shape index (κ1) is 15.0. The summed E-state index contributed by atoms with van der Waals surface area (Å²) in [5, 5.41) is 9.67. The van der Waals surface area contributed by atoms with E-state index in [4.69, 9.17) is 0 Å². The van der Waals surface area contributed by atoms with E-state index < -0.39 is 0 Å². The van der Waals surface area contributed by atoms with E-state index >= 15 is 0 Å². The maximum absolute atomic E-state index is 12.1. The lowest BCUT2D eigenvalue weighted by molar-refractivity contribution is 0.0655. The minimum absolute atomic E-state index is 0.0156. The number of hydrogen-bond donors (Lipinski definition) is 2. The number of aromatic nitrogens is 2. The second kappa shape index (κ2) is 5.95. The van der Waals surface area contributed by atoms with Crippen LogP contribution in [-0.4, -0.2) is 46.2 Å². The highest BCUT2D eigenvalue weighted by Crippen LogP contribution is 2.23. The predicted octanol–water partition coefficient (Wildman–Crippen LogP) is 1.96. The van der Waals surface area contributed by atoms with Gasteiger partial charge in [-0.05, 0) is 51.6 Å². The van der Waals surface area contributed by atoms with Crippen molar-refractivity contribution >= 4 is 5.91 Å². The molecule has 1 atom stereocenters. The van der Waals surface area contributed by atoms with Crippen molar-refractivity contribution in [2.75, 3.05) is 19.6 Å². The van der Waals surface area contributed by atoms with E-state index in [0.29, 0.717) is 12.2 Å². The molecule has 112 valence electrons. The average Bonchev–Trinajstić information content (AvgIpc) is 2.82. The molecule has 0 spiro atoms. The van der Waals surface area contributed by atoms with E-state index in [-0.39, 0.29) is 11.4 Å². The van der Waals surface area contributed by atoms with Gasteiger partial charge in [0.05, 0.1) is 6.20 Å². The summed E-state index contributed by atoms with van der Waals surface area (Å²) in [5.41, 5.74) is 1.43. The van der Waals surface area contributed by atoms with Gasteiger partial charge in [0.25, 0.3) is 5.91 Å². The normalized spacial score (nSPS) is 20.9. The van der Waals surface area contributed by atoms with Crippen LogP contribution in [-0.2, 0) is 0 Å². The van der Waals surface area contributed by atoms with Crippen LogP contribution in [0.1, 0.15) is 49.7 Å². The molecule has 0 aromatic carbocycles. The topological polar surface area (TPSA) is 61.0 Å². The maximum Gasteiger partial charge on any atom is 0.269 e. The Hall–Kier alpha value is -1.36. The first-order valence-electron chi connectivity index (χ1n) is 7.43. The minimum Gasteiger partial charge on any atom is -0.349 e. The molecule has 0 radical (unpaired) electrons. The second-order valence-electron chi connectivity index (χ2n) is 6.62. The Bertz CT molecular complexity index is 466. The molecule has 0 unspecified atom stereocenters. The van der Waals surface area contributed by atoms with Crippen LogP contribution in [0.25, 0.3) is 0 Å². The number of hydrogen-bond acceptors (Lipinski definition) is 3. The summed E-state index contributed by atoms with van der Waals surface area (Å²) in [6.45, 7) is 11.5. The number of amides is 1. The summed E-state index contributed by atoms with van der Waals surface area (Å²) in [6.07, 6.45) is 4.23. The summed E-state index contributed by atoms with van der Waals surface area (Å²) in [6, 6.07) is 0. The van der Waals surface area contributed by atoms with Gasteiger partial charge in [0.1, 0.15) is 5.69 Å². The molecule has 5 heteroatoms. The van der Waals surface area contributed by atoms with Gasteiger partial charge in [-0.15, -0.1) is 0 Å². The van der Waals surface area contributed by atoms with Gasteiger partial charge in [-0.2, -0.15) is 5.10 Å². The zero-order valence-corrected chi connectivity index (χ0v) is 13.0. The molecular weight excluding hydrogens is 252 g/mol. The first-order valence-corrected chi connectivity index (χ1v) is 7.43. The molecule has 1 aliphatic rings. The van der Waals surface area contributed by atoms with Gasteiger partial charge >= 0.3 is 0 Å². The number of carbonyl (C=O) groups is 1. The molecule has 1 amide bonds. The molecule has 5 nitrogen and oxygen atoms in total. The summed E-state index contributed by atoms with van der Waals surface area (Å²) in [7, 11) is 0.